The van der Waals surface area contributed by atoms with E-state index >= 15 is 0 Å². The van der Waals surface area contributed by atoms with Gasteiger partial charge in [-0.05, 0) is 42.8 Å². The monoisotopic (exact) mass is 346 g/mol. The summed E-state index contributed by atoms with van der Waals surface area (Å²) in [6, 6.07) is 19.0. The first-order chi connectivity index (χ1) is 12.6. The molecule has 0 spiro atoms. The van der Waals surface area contributed by atoms with Gasteiger partial charge in [0, 0.05) is 16.8 Å². The summed E-state index contributed by atoms with van der Waals surface area (Å²) in [6.45, 7) is 1.81. The van der Waals surface area contributed by atoms with Crippen molar-refractivity contribution in [1.82, 2.24) is 5.16 Å². The quantitative estimate of drug-likeness (QED) is 0.555. The van der Waals surface area contributed by atoms with Crippen LogP contribution in [0.4, 0.5) is 10.1 Å². The van der Waals surface area contributed by atoms with Crippen molar-refractivity contribution in [2.75, 3.05) is 5.32 Å². The van der Waals surface area contributed by atoms with Gasteiger partial charge in [0.05, 0.1) is 5.39 Å². The molecule has 3 aromatic carbocycles. The second-order valence-electron chi connectivity index (χ2n) is 6.02. The second-order valence-corrected chi connectivity index (χ2v) is 6.02. The highest BCUT2D eigenvalue weighted by Crippen LogP contribution is 2.29. The molecule has 0 fully saturated rings. The number of rotatable bonds is 3. The van der Waals surface area contributed by atoms with Crippen LogP contribution in [0.1, 0.15) is 15.9 Å². The normalized spacial score (nSPS) is 10.8. The third-order valence-corrected chi connectivity index (χ3v) is 4.22. The van der Waals surface area contributed by atoms with E-state index < -0.39 is 5.82 Å². The van der Waals surface area contributed by atoms with Crippen molar-refractivity contribution in [1.29, 1.82) is 0 Å². The first-order valence-corrected chi connectivity index (χ1v) is 8.14. The van der Waals surface area contributed by atoms with Crippen LogP contribution in [0.25, 0.3) is 22.2 Å². The van der Waals surface area contributed by atoms with Gasteiger partial charge in [0.1, 0.15) is 11.3 Å². The van der Waals surface area contributed by atoms with Gasteiger partial charge in [-0.3, -0.25) is 4.79 Å². The Labute approximate surface area is 149 Å². The lowest BCUT2D eigenvalue weighted by Crippen LogP contribution is -2.12. The molecule has 4 aromatic rings. The number of amides is 1. The lowest BCUT2D eigenvalue weighted by atomic mass is 10.1. The average Bonchev–Trinajstić information content (AvgIpc) is 3.08. The van der Waals surface area contributed by atoms with E-state index in [1.54, 1.807) is 24.3 Å². The standard InChI is InChI=1S/C21H15FN2O2/c1-13-7-9-16(22)12-19(13)23-21(25)15-8-10-18-17(11-15)20(26-24-18)14-5-3-2-4-6-14/h2-12H,1H3,(H,23,25). The zero-order valence-electron chi connectivity index (χ0n) is 14.0. The molecular weight excluding hydrogens is 331 g/mol. The number of nitrogens with zero attached hydrogens (tertiary/aromatic N) is 1. The first-order valence-electron chi connectivity index (χ1n) is 8.14. The molecule has 0 saturated carbocycles. The van der Waals surface area contributed by atoms with E-state index in [-0.39, 0.29) is 5.91 Å². The molecule has 0 radical (unpaired) electrons. The molecule has 0 aliphatic carbocycles. The number of aryl methyl sites for hydroxylation is 1. The summed E-state index contributed by atoms with van der Waals surface area (Å²) in [7, 11) is 0. The molecule has 4 nitrogen and oxygen atoms in total. The fourth-order valence-electron chi connectivity index (χ4n) is 2.80. The van der Waals surface area contributed by atoms with Crippen LogP contribution in [-0.4, -0.2) is 11.1 Å². The molecular formula is C21H15FN2O2. The van der Waals surface area contributed by atoms with Crippen LogP contribution in [0.2, 0.25) is 0 Å². The molecule has 1 heterocycles. The Morgan fingerprint density at radius 3 is 2.65 bits per heavy atom. The number of nitrogens with one attached hydrogen (secondary N) is 1. The number of carbonyl (C=O) groups is 1. The molecule has 26 heavy (non-hydrogen) atoms. The topological polar surface area (TPSA) is 55.1 Å². The van der Waals surface area contributed by atoms with Gasteiger partial charge >= 0.3 is 0 Å². The number of anilines is 1. The van der Waals surface area contributed by atoms with Gasteiger partial charge in [-0.1, -0.05) is 41.6 Å². The van der Waals surface area contributed by atoms with Crippen LogP contribution in [0.3, 0.4) is 0 Å². The summed E-state index contributed by atoms with van der Waals surface area (Å²) in [5, 5.41) is 7.55. The zero-order valence-corrected chi connectivity index (χ0v) is 14.0. The molecule has 0 unspecified atom stereocenters. The van der Waals surface area contributed by atoms with Crippen molar-refractivity contribution in [3.63, 3.8) is 0 Å². The van der Waals surface area contributed by atoms with Gasteiger partial charge in [-0.25, -0.2) is 4.39 Å². The smallest absolute Gasteiger partial charge is 0.255 e. The predicted octanol–water partition coefficient (Wildman–Crippen LogP) is 5.19. The fourth-order valence-corrected chi connectivity index (χ4v) is 2.80. The highest BCUT2D eigenvalue weighted by molar-refractivity contribution is 6.07. The average molecular weight is 346 g/mol. The largest absolute Gasteiger partial charge is 0.355 e. The van der Waals surface area contributed by atoms with Crippen molar-refractivity contribution < 1.29 is 13.7 Å². The Balaban J connectivity index is 1.71. The Kier molecular flexibility index (Phi) is 3.97. The van der Waals surface area contributed by atoms with Gasteiger partial charge in [0.25, 0.3) is 5.91 Å². The molecule has 1 aromatic heterocycles. The van der Waals surface area contributed by atoms with E-state index in [9.17, 15) is 9.18 Å². The molecule has 0 aliphatic rings. The Morgan fingerprint density at radius 1 is 1.04 bits per heavy atom. The minimum Gasteiger partial charge on any atom is -0.355 e. The number of carbonyl (C=O) groups excluding carboxylic acids is 1. The van der Waals surface area contributed by atoms with Crippen LogP contribution in [0, 0.1) is 12.7 Å². The van der Waals surface area contributed by atoms with Gasteiger partial charge in [0.2, 0.25) is 0 Å². The molecule has 128 valence electrons. The maximum Gasteiger partial charge on any atom is 0.255 e. The number of benzene rings is 3. The zero-order chi connectivity index (χ0) is 18.1. The van der Waals surface area contributed by atoms with Gasteiger partial charge in [-0.2, -0.15) is 0 Å². The summed E-state index contributed by atoms with van der Waals surface area (Å²) >= 11 is 0. The van der Waals surface area contributed by atoms with E-state index in [2.05, 4.69) is 10.5 Å². The van der Waals surface area contributed by atoms with Crippen molar-refractivity contribution in [2.24, 2.45) is 0 Å². The molecule has 4 rings (SSSR count). The molecule has 1 amide bonds. The van der Waals surface area contributed by atoms with Crippen molar-refractivity contribution in [3.8, 4) is 11.3 Å². The SMILES string of the molecule is Cc1ccc(F)cc1NC(=O)c1ccc2noc(-c3ccccc3)c2c1. The van der Waals surface area contributed by atoms with E-state index in [0.29, 0.717) is 22.5 Å². The van der Waals surface area contributed by atoms with Crippen molar-refractivity contribution in [2.45, 2.75) is 6.92 Å². The predicted molar refractivity (Wildman–Crippen MR) is 98.5 cm³/mol. The number of fused-ring (bicyclic) bond motifs is 1. The van der Waals surface area contributed by atoms with Gasteiger partial charge in [0.15, 0.2) is 5.76 Å². The molecule has 5 heteroatoms. The number of hydrogen-bond acceptors (Lipinski definition) is 3. The second kappa shape index (κ2) is 6.44. The van der Waals surface area contributed by atoms with Crippen LogP contribution < -0.4 is 5.32 Å². The van der Waals surface area contributed by atoms with Crippen LogP contribution >= 0.6 is 0 Å². The van der Waals surface area contributed by atoms with Crippen molar-refractivity contribution >= 4 is 22.5 Å². The number of hydrogen-bond donors (Lipinski definition) is 1. The molecule has 1 N–H and O–H groups in total. The lowest BCUT2D eigenvalue weighted by Gasteiger charge is -2.08. The van der Waals surface area contributed by atoms with E-state index in [4.69, 9.17) is 4.52 Å². The fraction of sp³-hybridized carbons (Fsp3) is 0.0476. The molecule has 0 atom stereocenters. The highest BCUT2D eigenvalue weighted by atomic mass is 19.1. The van der Waals surface area contributed by atoms with E-state index in [0.717, 1.165) is 16.5 Å². The highest BCUT2D eigenvalue weighted by Gasteiger charge is 2.14. The molecule has 0 saturated heterocycles. The maximum atomic E-state index is 13.4. The minimum atomic E-state index is -0.397. The summed E-state index contributed by atoms with van der Waals surface area (Å²) in [6.07, 6.45) is 0. The Bertz CT molecular complexity index is 1100. The first kappa shape index (κ1) is 16.0. The van der Waals surface area contributed by atoms with E-state index in [1.807, 2.05) is 37.3 Å². The Morgan fingerprint density at radius 2 is 1.85 bits per heavy atom. The summed E-state index contributed by atoms with van der Waals surface area (Å²) in [5.74, 6) is -0.107. The molecule has 0 aliphatic heterocycles. The van der Waals surface area contributed by atoms with Crippen molar-refractivity contribution in [3.05, 3.63) is 83.7 Å². The number of aromatic nitrogens is 1. The molecule has 0 bridgehead atoms. The maximum absolute atomic E-state index is 13.4. The van der Waals surface area contributed by atoms with E-state index in [1.165, 1.54) is 12.1 Å². The third kappa shape index (κ3) is 2.95. The summed E-state index contributed by atoms with van der Waals surface area (Å²) in [4.78, 5) is 12.6. The Hall–Kier alpha value is -3.47. The van der Waals surface area contributed by atoms with Crippen LogP contribution in [0.15, 0.2) is 71.3 Å². The minimum absolute atomic E-state index is 0.319. The summed E-state index contributed by atoms with van der Waals surface area (Å²) < 4.78 is 18.9. The summed E-state index contributed by atoms with van der Waals surface area (Å²) in [5.41, 5.74) is 3.23. The van der Waals surface area contributed by atoms with Gasteiger partial charge < -0.3 is 9.84 Å². The third-order valence-electron chi connectivity index (χ3n) is 4.22. The number of halogens is 1. The van der Waals surface area contributed by atoms with Crippen LogP contribution in [-0.2, 0) is 0 Å². The lowest BCUT2D eigenvalue weighted by molar-refractivity contribution is 0.102. The van der Waals surface area contributed by atoms with Gasteiger partial charge in [-0.15, -0.1) is 0 Å². The van der Waals surface area contributed by atoms with Crippen LogP contribution in [0.5, 0.6) is 0 Å².